The van der Waals surface area contributed by atoms with E-state index in [2.05, 4.69) is 42.2 Å². The van der Waals surface area contributed by atoms with Crippen LogP contribution in [0.3, 0.4) is 0 Å². The van der Waals surface area contributed by atoms with Gasteiger partial charge in [-0.25, -0.2) is 4.98 Å². The molecule has 0 fully saturated rings. The Morgan fingerprint density at radius 3 is 2.84 bits per heavy atom. The summed E-state index contributed by atoms with van der Waals surface area (Å²) in [7, 11) is 0. The molecule has 96 valence electrons. The number of aromatic nitrogens is 2. The predicted molar refractivity (Wildman–Crippen MR) is 84.4 cm³/mol. The van der Waals surface area contributed by atoms with E-state index in [0.29, 0.717) is 6.54 Å². The normalized spacial score (nSPS) is 10.8. The Kier molecular flexibility index (Phi) is 3.57. The van der Waals surface area contributed by atoms with Gasteiger partial charge in [-0.15, -0.1) is 0 Å². The van der Waals surface area contributed by atoms with Gasteiger partial charge in [0.25, 0.3) is 0 Å². The van der Waals surface area contributed by atoms with Crippen molar-refractivity contribution in [2.24, 2.45) is 0 Å². The van der Waals surface area contributed by atoms with Crippen LogP contribution < -0.4 is 5.32 Å². The van der Waals surface area contributed by atoms with E-state index in [1.807, 2.05) is 53.2 Å². The minimum absolute atomic E-state index is 0.696. The summed E-state index contributed by atoms with van der Waals surface area (Å²) in [5.74, 6) is 0. The van der Waals surface area contributed by atoms with Gasteiger partial charge in [0.2, 0.25) is 0 Å². The molecule has 1 N–H and O–H groups in total. The third-order valence-corrected chi connectivity index (χ3v) is 3.95. The Hall–Kier alpha value is -1.33. The number of imidazole rings is 1. The van der Waals surface area contributed by atoms with Gasteiger partial charge in [-0.2, -0.15) is 0 Å². The monoisotopic (exact) mass is 379 g/mol. The Labute approximate surface area is 127 Å². The van der Waals surface area contributed by atoms with Crippen molar-refractivity contribution in [3.63, 3.8) is 0 Å². The Morgan fingerprint density at radius 1 is 1.16 bits per heavy atom. The van der Waals surface area contributed by atoms with Gasteiger partial charge in [-0.05, 0) is 46.3 Å². The van der Waals surface area contributed by atoms with Gasteiger partial charge in [-0.3, -0.25) is 0 Å². The number of anilines is 1. The van der Waals surface area contributed by atoms with Crippen LogP contribution in [-0.2, 0) is 6.54 Å². The maximum absolute atomic E-state index is 4.55. The zero-order valence-electron chi connectivity index (χ0n) is 9.98. The minimum atomic E-state index is 0.696. The van der Waals surface area contributed by atoms with E-state index in [0.717, 1.165) is 26.0 Å². The molecule has 0 amide bonds. The summed E-state index contributed by atoms with van der Waals surface area (Å²) in [4.78, 5) is 4.55. The molecule has 0 aliphatic carbocycles. The molecule has 0 unspecified atom stereocenters. The molecule has 2 aromatic heterocycles. The molecule has 0 atom stereocenters. The molecule has 0 spiro atoms. The summed E-state index contributed by atoms with van der Waals surface area (Å²) in [6.45, 7) is 0.696. The largest absolute Gasteiger partial charge is 0.378 e. The lowest BCUT2D eigenvalue weighted by atomic mass is 10.3. The van der Waals surface area contributed by atoms with Crippen molar-refractivity contribution in [1.29, 1.82) is 0 Å². The van der Waals surface area contributed by atoms with Crippen molar-refractivity contribution >= 4 is 43.2 Å². The van der Waals surface area contributed by atoms with E-state index < -0.39 is 0 Å². The van der Waals surface area contributed by atoms with E-state index in [1.54, 1.807) is 0 Å². The molecular formula is C14H11Br2N3. The van der Waals surface area contributed by atoms with E-state index in [9.17, 15) is 0 Å². The second-order valence-corrected chi connectivity index (χ2v) is 5.95. The predicted octanol–water partition coefficient (Wildman–Crippen LogP) is 4.47. The van der Waals surface area contributed by atoms with Crippen LogP contribution in [0.4, 0.5) is 5.69 Å². The molecular weight excluding hydrogens is 370 g/mol. The summed E-state index contributed by atoms with van der Waals surface area (Å²) in [5, 5.41) is 3.37. The second-order valence-electron chi connectivity index (χ2n) is 4.18. The summed E-state index contributed by atoms with van der Waals surface area (Å²) >= 11 is 6.98. The Balaban J connectivity index is 1.78. The van der Waals surface area contributed by atoms with Crippen LogP contribution in [0, 0.1) is 0 Å². The molecule has 5 heteroatoms. The quantitative estimate of drug-likeness (QED) is 0.726. The molecule has 0 bridgehead atoms. The third-order valence-electron chi connectivity index (χ3n) is 2.80. The highest BCUT2D eigenvalue weighted by Gasteiger charge is 2.03. The third kappa shape index (κ3) is 2.82. The molecule has 2 heterocycles. The topological polar surface area (TPSA) is 29.3 Å². The fourth-order valence-electron chi connectivity index (χ4n) is 1.89. The highest BCUT2D eigenvalue weighted by molar-refractivity contribution is 9.11. The van der Waals surface area contributed by atoms with Gasteiger partial charge in [0.05, 0.1) is 12.2 Å². The summed E-state index contributed by atoms with van der Waals surface area (Å²) < 4.78 is 4.11. The van der Waals surface area contributed by atoms with Crippen LogP contribution in [0.25, 0.3) is 5.65 Å². The first kappa shape index (κ1) is 12.7. The summed E-state index contributed by atoms with van der Waals surface area (Å²) in [6, 6.07) is 12.0. The van der Waals surface area contributed by atoms with Crippen molar-refractivity contribution in [2.75, 3.05) is 5.32 Å². The number of hydrogen-bond acceptors (Lipinski definition) is 2. The number of fused-ring (bicyclic) bond motifs is 1. The standard InChI is InChI=1S/C14H11Br2N3/c15-10-4-5-13(12(16)7-10)17-8-11-9-19-6-2-1-3-14(19)18-11/h1-7,9,17H,8H2. The van der Waals surface area contributed by atoms with Crippen LogP contribution in [-0.4, -0.2) is 9.38 Å². The zero-order chi connectivity index (χ0) is 13.2. The van der Waals surface area contributed by atoms with Crippen LogP contribution in [0.2, 0.25) is 0 Å². The number of nitrogens with zero attached hydrogens (tertiary/aromatic N) is 2. The lowest BCUT2D eigenvalue weighted by molar-refractivity contribution is 1.08. The van der Waals surface area contributed by atoms with Crippen molar-refractivity contribution in [2.45, 2.75) is 6.54 Å². The van der Waals surface area contributed by atoms with Crippen LogP contribution in [0.15, 0.2) is 57.7 Å². The van der Waals surface area contributed by atoms with Crippen LogP contribution >= 0.6 is 31.9 Å². The van der Waals surface area contributed by atoms with Crippen molar-refractivity contribution in [3.05, 3.63) is 63.4 Å². The smallest absolute Gasteiger partial charge is 0.137 e. The first-order valence-corrected chi connectivity index (χ1v) is 7.42. The molecule has 0 radical (unpaired) electrons. The van der Waals surface area contributed by atoms with Gasteiger partial charge >= 0.3 is 0 Å². The van der Waals surface area contributed by atoms with Crippen molar-refractivity contribution < 1.29 is 0 Å². The summed E-state index contributed by atoms with van der Waals surface area (Å²) in [6.07, 6.45) is 4.04. The Morgan fingerprint density at radius 2 is 2.05 bits per heavy atom. The van der Waals surface area contributed by atoms with Crippen molar-refractivity contribution in [3.8, 4) is 0 Å². The van der Waals surface area contributed by atoms with Crippen molar-refractivity contribution in [1.82, 2.24) is 9.38 Å². The average molecular weight is 381 g/mol. The molecule has 19 heavy (non-hydrogen) atoms. The molecule has 1 aromatic carbocycles. The maximum Gasteiger partial charge on any atom is 0.137 e. The lowest BCUT2D eigenvalue weighted by Gasteiger charge is -2.07. The molecule has 0 saturated heterocycles. The number of halogens is 2. The average Bonchev–Trinajstić information content (AvgIpc) is 2.80. The number of nitrogens with one attached hydrogen (secondary N) is 1. The highest BCUT2D eigenvalue weighted by atomic mass is 79.9. The molecule has 0 aliphatic rings. The first-order chi connectivity index (χ1) is 9.22. The fraction of sp³-hybridized carbons (Fsp3) is 0.0714. The fourth-order valence-corrected chi connectivity index (χ4v) is 3.08. The van der Waals surface area contributed by atoms with Gasteiger partial charge in [0, 0.05) is 27.0 Å². The number of pyridine rings is 1. The number of hydrogen-bond donors (Lipinski definition) is 1. The zero-order valence-corrected chi connectivity index (χ0v) is 13.1. The number of rotatable bonds is 3. The number of benzene rings is 1. The SMILES string of the molecule is Brc1ccc(NCc2cn3ccccc3n2)c(Br)c1. The minimum Gasteiger partial charge on any atom is -0.378 e. The molecule has 3 rings (SSSR count). The van der Waals surface area contributed by atoms with Gasteiger partial charge in [0.15, 0.2) is 0 Å². The summed E-state index contributed by atoms with van der Waals surface area (Å²) in [5.41, 5.74) is 3.04. The van der Waals surface area contributed by atoms with E-state index >= 15 is 0 Å². The van der Waals surface area contributed by atoms with Gasteiger partial charge in [-0.1, -0.05) is 22.0 Å². The van der Waals surface area contributed by atoms with Crippen LogP contribution in [0.5, 0.6) is 0 Å². The molecule has 0 saturated carbocycles. The van der Waals surface area contributed by atoms with E-state index in [-0.39, 0.29) is 0 Å². The molecule has 0 aliphatic heterocycles. The van der Waals surface area contributed by atoms with Crippen LogP contribution in [0.1, 0.15) is 5.69 Å². The Bertz CT molecular complexity index is 689. The first-order valence-electron chi connectivity index (χ1n) is 5.84. The second kappa shape index (κ2) is 5.35. The highest BCUT2D eigenvalue weighted by Crippen LogP contribution is 2.26. The van der Waals surface area contributed by atoms with Gasteiger partial charge < -0.3 is 9.72 Å². The lowest BCUT2D eigenvalue weighted by Crippen LogP contribution is -2.00. The maximum atomic E-state index is 4.55. The van der Waals surface area contributed by atoms with Gasteiger partial charge in [0.1, 0.15) is 5.65 Å². The van der Waals surface area contributed by atoms with E-state index in [4.69, 9.17) is 0 Å². The van der Waals surface area contributed by atoms with E-state index in [1.165, 1.54) is 0 Å². The molecule has 3 aromatic rings. The molecule has 3 nitrogen and oxygen atoms in total.